The lowest BCUT2D eigenvalue weighted by Gasteiger charge is -2.47. The molecule has 4 nitrogen and oxygen atoms in total. The van der Waals surface area contributed by atoms with Gasteiger partial charge in [-0.3, -0.25) is 0 Å². The van der Waals surface area contributed by atoms with Crippen molar-refractivity contribution >= 4 is 101 Å². The van der Waals surface area contributed by atoms with Crippen LogP contribution in [0.3, 0.4) is 0 Å². The lowest BCUT2D eigenvalue weighted by molar-refractivity contribution is 0.590. The monoisotopic (exact) mass is 709 g/mol. The lowest BCUT2D eigenvalue weighted by atomic mass is 9.33. The third-order valence-corrected chi connectivity index (χ3v) is 12.6. The molecule has 0 N–H and O–H groups in total. The van der Waals surface area contributed by atoms with Crippen molar-refractivity contribution < 1.29 is 4.42 Å². The maximum atomic E-state index is 6.53. The molecule has 0 bridgehead atoms. The van der Waals surface area contributed by atoms with Gasteiger partial charge in [-0.05, 0) is 92.9 Å². The minimum absolute atomic E-state index is 0.0162. The van der Waals surface area contributed by atoms with Gasteiger partial charge in [0.25, 0.3) is 6.71 Å². The topological polar surface area (TPSA) is 24.6 Å². The van der Waals surface area contributed by atoms with Crippen LogP contribution in [-0.2, 0) is 10.8 Å². The highest BCUT2D eigenvalue weighted by Crippen LogP contribution is 2.53. The van der Waals surface area contributed by atoms with Crippen LogP contribution in [-0.4, -0.2) is 11.3 Å². The Morgan fingerprint density at radius 3 is 1.98 bits per heavy atom. The zero-order valence-electron chi connectivity index (χ0n) is 32.0. The summed E-state index contributed by atoms with van der Waals surface area (Å²) in [5.41, 5.74) is 19.5. The third-order valence-electron chi connectivity index (χ3n) is 12.6. The van der Waals surface area contributed by atoms with Crippen molar-refractivity contribution in [3.05, 3.63) is 145 Å². The fourth-order valence-corrected chi connectivity index (χ4v) is 9.93. The van der Waals surface area contributed by atoms with E-state index >= 15 is 0 Å². The van der Waals surface area contributed by atoms with Gasteiger partial charge in [-0.25, -0.2) is 0 Å². The molecule has 2 aromatic heterocycles. The molecule has 264 valence electrons. The predicted molar refractivity (Wildman–Crippen MR) is 233 cm³/mol. The van der Waals surface area contributed by atoms with E-state index in [0.717, 1.165) is 27.6 Å². The van der Waals surface area contributed by atoms with Crippen molar-refractivity contribution in [3.63, 3.8) is 0 Å². The van der Waals surface area contributed by atoms with E-state index in [9.17, 15) is 0 Å². The molecule has 9 aromatic rings. The number of para-hydroxylation sites is 4. The minimum Gasteiger partial charge on any atom is -0.456 e. The highest BCUT2D eigenvalue weighted by Gasteiger charge is 2.47. The molecule has 0 fully saturated rings. The van der Waals surface area contributed by atoms with E-state index in [4.69, 9.17) is 4.42 Å². The van der Waals surface area contributed by atoms with E-state index in [1.165, 1.54) is 83.4 Å². The van der Waals surface area contributed by atoms with E-state index in [-0.39, 0.29) is 17.5 Å². The molecule has 5 heterocycles. The molecule has 0 spiro atoms. The van der Waals surface area contributed by atoms with Gasteiger partial charge in [0.2, 0.25) is 0 Å². The van der Waals surface area contributed by atoms with Gasteiger partial charge in [-0.15, -0.1) is 0 Å². The summed E-state index contributed by atoms with van der Waals surface area (Å²) >= 11 is 0. The normalized spacial score (nSPS) is 14.3. The maximum absolute atomic E-state index is 6.53. The van der Waals surface area contributed by atoms with Gasteiger partial charge >= 0.3 is 0 Å². The molecular formula is C50H40BN3O. The van der Waals surface area contributed by atoms with Gasteiger partial charge in [0.15, 0.2) is 0 Å². The number of hydrogen-bond acceptors (Lipinski definition) is 3. The van der Waals surface area contributed by atoms with Crippen LogP contribution in [0.25, 0.3) is 49.4 Å². The maximum Gasteiger partial charge on any atom is 0.252 e. The summed E-state index contributed by atoms with van der Waals surface area (Å²) < 4.78 is 9.06. The second-order valence-corrected chi connectivity index (χ2v) is 17.8. The molecule has 0 saturated carbocycles. The van der Waals surface area contributed by atoms with Crippen LogP contribution >= 0.6 is 0 Å². The molecule has 0 unspecified atom stereocenters. The number of aromatic nitrogens is 1. The minimum atomic E-state index is -0.0950. The zero-order valence-corrected chi connectivity index (χ0v) is 32.0. The highest BCUT2D eigenvalue weighted by atomic mass is 16.3. The Balaban J connectivity index is 1.23. The van der Waals surface area contributed by atoms with Gasteiger partial charge in [-0.2, -0.15) is 0 Å². The third kappa shape index (κ3) is 4.03. The van der Waals surface area contributed by atoms with Gasteiger partial charge in [0, 0.05) is 50.4 Å². The lowest BCUT2D eigenvalue weighted by Crippen LogP contribution is -2.62. The molecule has 0 amide bonds. The molecule has 0 aliphatic carbocycles. The predicted octanol–water partition coefficient (Wildman–Crippen LogP) is 11.7. The van der Waals surface area contributed by atoms with Crippen molar-refractivity contribution in [2.24, 2.45) is 0 Å². The van der Waals surface area contributed by atoms with Gasteiger partial charge in [-0.1, -0.05) is 114 Å². The number of rotatable bonds is 1. The van der Waals surface area contributed by atoms with Crippen LogP contribution in [0.2, 0.25) is 0 Å². The molecule has 0 saturated heterocycles. The molecule has 5 heteroatoms. The Morgan fingerprint density at radius 2 is 1.16 bits per heavy atom. The van der Waals surface area contributed by atoms with E-state index in [1.54, 1.807) is 0 Å². The Labute approximate surface area is 321 Å². The summed E-state index contributed by atoms with van der Waals surface area (Å²) in [5, 5.41) is 4.86. The quantitative estimate of drug-likeness (QED) is 0.159. The van der Waals surface area contributed by atoms with Crippen LogP contribution in [0.15, 0.2) is 138 Å². The first kappa shape index (κ1) is 31.2. The summed E-state index contributed by atoms with van der Waals surface area (Å²) in [6.07, 6.45) is 0. The van der Waals surface area contributed by atoms with E-state index in [2.05, 4.69) is 183 Å². The Bertz CT molecular complexity index is 3150. The van der Waals surface area contributed by atoms with Gasteiger partial charge < -0.3 is 18.8 Å². The number of furan rings is 1. The van der Waals surface area contributed by atoms with Crippen molar-refractivity contribution in [3.8, 4) is 5.69 Å². The van der Waals surface area contributed by atoms with Crippen LogP contribution in [0, 0.1) is 0 Å². The van der Waals surface area contributed by atoms with Crippen molar-refractivity contribution in [2.45, 2.75) is 52.4 Å². The average Bonchev–Trinajstić information content (AvgIpc) is 3.72. The Hall–Kier alpha value is -6.20. The van der Waals surface area contributed by atoms with E-state index < -0.39 is 0 Å². The van der Waals surface area contributed by atoms with E-state index in [0.29, 0.717) is 0 Å². The van der Waals surface area contributed by atoms with Crippen molar-refractivity contribution in [2.75, 3.05) is 9.80 Å². The number of hydrogen-bond donors (Lipinski definition) is 0. The van der Waals surface area contributed by atoms with Crippen molar-refractivity contribution in [1.29, 1.82) is 0 Å². The second-order valence-electron chi connectivity index (χ2n) is 17.8. The Kier molecular flexibility index (Phi) is 5.84. The summed E-state index contributed by atoms with van der Waals surface area (Å²) in [4.78, 5) is 5.13. The van der Waals surface area contributed by atoms with Crippen LogP contribution in [0.1, 0.15) is 52.7 Å². The standard InChI is InChI=1S/C50H40BN3O/c1-49(2,3)29-21-24-39-37(25-29)51-36-16-12-19-41-48(36)54(40-18-11-15-35-32-13-7-9-17-38(32)53(41)47(35)40)43-27-30(50(4,5)6)26-42(46(43)51)52(39)31-22-23-34-33-14-8-10-20-44(33)55-45(34)28-31/h7-28H,1-6H3. The number of nitrogens with zero attached hydrogens (tertiary/aromatic N) is 3. The van der Waals surface area contributed by atoms with Crippen molar-refractivity contribution in [1.82, 2.24) is 4.57 Å². The summed E-state index contributed by atoms with van der Waals surface area (Å²) in [6, 6.07) is 50.1. The SMILES string of the molecule is CC(C)(C)c1ccc2c(c1)B1c3cccc4c3N(c3cc(C(C)(C)C)cc(c31)N2c1ccc2c(c1)oc1ccccc12)c1cccc2c3ccccc3n-4c12. The molecule has 3 aliphatic heterocycles. The van der Waals surface area contributed by atoms with Gasteiger partial charge in [0.1, 0.15) is 11.2 Å². The highest BCUT2D eigenvalue weighted by molar-refractivity contribution is 7.00. The fraction of sp³-hybridized carbons (Fsp3) is 0.160. The zero-order chi connectivity index (χ0) is 37.1. The first-order chi connectivity index (χ1) is 26.6. The van der Waals surface area contributed by atoms with Crippen LogP contribution in [0.5, 0.6) is 0 Å². The van der Waals surface area contributed by atoms with Crippen LogP contribution in [0.4, 0.5) is 34.1 Å². The Morgan fingerprint density at radius 1 is 0.473 bits per heavy atom. The number of benzene rings is 7. The number of fused-ring (bicyclic) bond motifs is 12. The number of anilines is 6. The smallest absolute Gasteiger partial charge is 0.252 e. The fourth-order valence-electron chi connectivity index (χ4n) is 9.93. The molecule has 55 heavy (non-hydrogen) atoms. The molecule has 0 radical (unpaired) electrons. The molecule has 0 atom stereocenters. The molecular weight excluding hydrogens is 669 g/mol. The molecule has 12 rings (SSSR count). The average molecular weight is 710 g/mol. The van der Waals surface area contributed by atoms with E-state index in [1.807, 2.05) is 6.07 Å². The second kappa shape index (κ2) is 10.3. The molecule has 3 aliphatic rings. The summed E-state index contributed by atoms with van der Waals surface area (Å²) in [7, 11) is 0. The van der Waals surface area contributed by atoms with Crippen LogP contribution < -0.4 is 26.2 Å². The first-order valence-corrected chi connectivity index (χ1v) is 19.6. The summed E-state index contributed by atoms with van der Waals surface area (Å²) in [6.45, 7) is 14.0. The largest absolute Gasteiger partial charge is 0.456 e. The van der Waals surface area contributed by atoms with Gasteiger partial charge in [0.05, 0.1) is 28.1 Å². The summed E-state index contributed by atoms with van der Waals surface area (Å²) in [5.74, 6) is 0. The molecule has 7 aromatic carbocycles. The first-order valence-electron chi connectivity index (χ1n) is 19.6.